The standard InChI is InChI=1S/C47H33N3O/c48-46(36-21-17-35(18-22-36)40-24-20-33-8-2-4-10-38(33)28-40)50-47(41-25-26-43-42-11-5-6-12-44(42)51-45(43)29-41)49-30-31-13-15-34(16-14-31)39-23-19-32-7-1-3-9-37(32)27-39/h1-29H,30H2,(H2,48,49,50). The van der Waals surface area contributed by atoms with Crippen molar-refractivity contribution in [1.29, 1.82) is 0 Å². The number of aliphatic imine (C=N–C) groups is 2. The molecule has 0 fully saturated rings. The monoisotopic (exact) mass is 655 g/mol. The SMILES string of the molecule is NC(=NC(=NCc1ccc(-c2ccc3ccccc3c2)cc1)c1ccc2c(c1)oc1ccccc12)c1ccc(-c2ccc3ccccc3c2)cc1. The van der Waals surface area contributed by atoms with Gasteiger partial charge in [-0.15, -0.1) is 0 Å². The Morgan fingerprint density at radius 1 is 0.451 bits per heavy atom. The van der Waals surface area contributed by atoms with E-state index in [2.05, 4.69) is 133 Å². The average molecular weight is 656 g/mol. The van der Waals surface area contributed by atoms with E-state index in [1.807, 2.05) is 42.5 Å². The van der Waals surface area contributed by atoms with Gasteiger partial charge in [-0.25, -0.2) is 4.99 Å². The highest BCUT2D eigenvalue weighted by Crippen LogP contribution is 2.30. The van der Waals surface area contributed by atoms with Gasteiger partial charge in [0.05, 0.1) is 6.54 Å². The Morgan fingerprint density at radius 3 is 1.65 bits per heavy atom. The molecule has 0 aliphatic rings. The summed E-state index contributed by atoms with van der Waals surface area (Å²) < 4.78 is 6.22. The summed E-state index contributed by atoms with van der Waals surface area (Å²) >= 11 is 0. The second-order valence-electron chi connectivity index (χ2n) is 12.8. The van der Waals surface area contributed by atoms with E-state index in [-0.39, 0.29) is 0 Å². The predicted molar refractivity (Wildman–Crippen MR) is 213 cm³/mol. The van der Waals surface area contributed by atoms with Crippen LogP contribution in [0.3, 0.4) is 0 Å². The number of fused-ring (bicyclic) bond motifs is 5. The lowest BCUT2D eigenvalue weighted by Gasteiger charge is -2.08. The lowest BCUT2D eigenvalue weighted by molar-refractivity contribution is 0.669. The van der Waals surface area contributed by atoms with E-state index in [1.54, 1.807) is 0 Å². The number of para-hydroxylation sites is 1. The molecule has 1 heterocycles. The molecular weight excluding hydrogens is 623 g/mol. The molecule has 9 aromatic rings. The van der Waals surface area contributed by atoms with Crippen LogP contribution in [0.15, 0.2) is 190 Å². The van der Waals surface area contributed by atoms with Gasteiger partial charge < -0.3 is 10.2 Å². The molecule has 9 rings (SSSR count). The molecule has 0 saturated carbocycles. The van der Waals surface area contributed by atoms with Crippen molar-refractivity contribution in [1.82, 2.24) is 0 Å². The fraction of sp³-hybridized carbons (Fsp3) is 0.0213. The molecule has 0 unspecified atom stereocenters. The third-order valence-electron chi connectivity index (χ3n) is 9.57. The Kier molecular flexibility index (Phi) is 7.67. The zero-order chi connectivity index (χ0) is 34.1. The Hall–Kier alpha value is -6.78. The van der Waals surface area contributed by atoms with E-state index in [0.29, 0.717) is 18.2 Å². The summed E-state index contributed by atoms with van der Waals surface area (Å²) in [6.07, 6.45) is 0. The van der Waals surface area contributed by atoms with E-state index in [0.717, 1.165) is 49.8 Å². The van der Waals surface area contributed by atoms with Gasteiger partial charge in [-0.05, 0) is 79.7 Å². The van der Waals surface area contributed by atoms with Crippen molar-refractivity contribution in [3.05, 3.63) is 193 Å². The molecule has 0 atom stereocenters. The van der Waals surface area contributed by atoms with Gasteiger partial charge in [0.15, 0.2) is 5.84 Å². The Balaban J connectivity index is 1.04. The molecule has 0 spiro atoms. The first-order valence-corrected chi connectivity index (χ1v) is 17.1. The van der Waals surface area contributed by atoms with E-state index in [9.17, 15) is 0 Å². The lowest BCUT2D eigenvalue weighted by atomic mass is 10.00. The fourth-order valence-electron chi connectivity index (χ4n) is 6.77. The number of hydrogen-bond donors (Lipinski definition) is 1. The summed E-state index contributed by atoms with van der Waals surface area (Å²) in [6.45, 7) is 0.448. The van der Waals surface area contributed by atoms with Gasteiger partial charge in [-0.2, -0.15) is 0 Å². The summed E-state index contributed by atoms with van der Waals surface area (Å²) in [7, 11) is 0. The van der Waals surface area contributed by atoms with Crippen LogP contribution < -0.4 is 5.73 Å². The molecule has 4 nitrogen and oxygen atoms in total. The summed E-state index contributed by atoms with van der Waals surface area (Å²) in [6, 6.07) is 61.0. The van der Waals surface area contributed by atoms with Crippen LogP contribution in [0.2, 0.25) is 0 Å². The van der Waals surface area contributed by atoms with Crippen molar-refractivity contribution in [3.8, 4) is 22.3 Å². The van der Waals surface area contributed by atoms with Gasteiger partial charge in [0.2, 0.25) is 0 Å². The third kappa shape index (κ3) is 6.04. The van der Waals surface area contributed by atoms with Crippen LogP contribution in [0.1, 0.15) is 16.7 Å². The highest BCUT2D eigenvalue weighted by atomic mass is 16.3. The normalized spacial score (nSPS) is 12.3. The number of amidine groups is 2. The molecule has 0 saturated heterocycles. The van der Waals surface area contributed by atoms with Crippen molar-refractivity contribution in [2.45, 2.75) is 6.54 Å². The second-order valence-corrected chi connectivity index (χ2v) is 12.8. The van der Waals surface area contributed by atoms with Crippen LogP contribution in [0.5, 0.6) is 0 Å². The maximum atomic E-state index is 6.71. The molecule has 0 aliphatic heterocycles. The smallest absolute Gasteiger partial charge is 0.157 e. The molecule has 0 radical (unpaired) electrons. The van der Waals surface area contributed by atoms with Gasteiger partial charge in [-0.1, -0.05) is 146 Å². The van der Waals surface area contributed by atoms with Crippen LogP contribution in [-0.2, 0) is 6.54 Å². The van der Waals surface area contributed by atoms with E-state index in [1.165, 1.54) is 32.7 Å². The number of hydrogen-bond acceptors (Lipinski definition) is 2. The first kappa shape index (κ1) is 30.3. The first-order valence-electron chi connectivity index (χ1n) is 17.1. The van der Waals surface area contributed by atoms with Gasteiger partial charge in [0.1, 0.15) is 17.0 Å². The largest absolute Gasteiger partial charge is 0.456 e. The second kappa shape index (κ2) is 12.9. The molecule has 242 valence electrons. The molecule has 0 amide bonds. The lowest BCUT2D eigenvalue weighted by Crippen LogP contribution is -2.16. The summed E-state index contributed by atoms with van der Waals surface area (Å²) in [5.74, 6) is 0.947. The van der Waals surface area contributed by atoms with Gasteiger partial charge in [-0.3, -0.25) is 4.99 Å². The van der Waals surface area contributed by atoms with Crippen LogP contribution in [-0.4, -0.2) is 11.7 Å². The summed E-state index contributed by atoms with van der Waals surface area (Å²) in [5, 5.41) is 7.04. The predicted octanol–water partition coefficient (Wildman–Crippen LogP) is 11.6. The molecular formula is C47H33N3O. The minimum Gasteiger partial charge on any atom is -0.456 e. The number of nitrogens with zero attached hydrogens (tertiary/aromatic N) is 2. The van der Waals surface area contributed by atoms with Crippen molar-refractivity contribution >= 4 is 55.2 Å². The Morgan fingerprint density at radius 2 is 0.980 bits per heavy atom. The summed E-state index contributed by atoms with van der Waals surface area (Å²) in [5.41, 5.74) is 15.7. The van der Waals surface area contributed by atoms with Crippen molar-refractivity contribution in [2.24, 2.45) is 15.7 Å². The van der Waals surface area contributed by atoms with Crippen LogP contribution in [0, 0.1) is 0 Å². The maximum absolute atomic E-state index is 6.71. The summed E-state index contributed by atoms with van der Waals surface area (Å²) in [4.78, 5) is 9.97. The molecule has 0 bridgehead atoms. The third-order valence-corrected chi connectivity index (χ3v) is 9.57. The molecule has 2 N–H and O–H groups in total. The quantitative estimate of drug-likeness (QED) is 0.143. The number of nitrogens with two attached hydrogens (primary N) is 1. The first-order chi connectivity index (χ1) is 25.1. The highest BCUT2D eigenvalue weighted by molar-refractivity contribution is 6.13. The molecule has 51 heavy (non-hydrogen) atoms. The molecule has 1 aromatic heterocycles. The molecule has 8 aromatic carbocycles. The van der Waals surface area contributed by atoms with E-state index < -0.39 is 0 Å². The highest BCUT2D eigenvalue weighted by Gasteiger charge is 2.12. The van der Waals surface area contributed by atoms with Crippen LogP contribution in [0.4, 0.5) is 0 Å². The molecule has 4 heteroatoms. The zero-order valence-corrected chi connectivity index (χ0v) is 27.8. The topological polar surface area (TPSA) is 63.9 Å². The number of furan rings is 1. The zero-order valence-electron chi connectivity index (χ0n) is 27.8. The molecule has 0 aliphatic carbocycles. The van der Waals surface area contributed by atoms with Gasteiger partial charge >= 0.3 is 0 Å². The van der Waals surface area contributed by atoms with Crippen molar-refractivity contribution < 1.29 is 4.42 Å². The van der Waals surface area contributed by atoms with Gasteiger partial charge in [0, 0.05) is 21.9 Å². The van der Waals surface area contributed by atoms with Crippen LogP contribution >= 0.6 is 0 Å². The average Bonchev–Trinajstić information content (AvgIpc) is 3.57. The van der Waals surface area contributed by atoms with Crippen molar-refractivity contribution in [2.75, 3.05) is 0 Å². The van der Waals surface area contributed by atoms with Gasteiger partial charge in [0.25, 0.3) is 0 Å². The number of benzene rings is 8. The Bertz CT molecular complexity index is 2770. The Labute approximate surface area is 295 Å². The van der Waals surface area contributed by atoms with Crippen LogP contribution in [0.25, 0.3) is 65.7 Å². The van der Waals surface area contributed by atoms with E-state index >= 15 is 0 Å². The van der Waals surface area contributed by atoms with E-state index in [4.69, 9.17) is 20.1 Å². The minimum atomic E-state index is 0.398. The number of rotatable bonds is 6. The minimum absolute atomic E-state index is 0.398. The fourth-order valence-corrected chi connectivity index (χ4v) is 6.77. The van der Waals surface area contributed by atoms with Crippen molar-refractivity contribution in [3.63, 3.8) is 0 Å². The maximum Gasteiger partial charge on any atom is 0.157 e.